The number of amides is 1. The van der Waals surface area contributed by atoms with Crippen LogP contribution in [0.25, 0.3) is 0 Å². The molecule has 3 rings (SSSR count). The van der Waals surface area contributed by atoms with Gasteiger partial charge >= 0.3 is 5.97 Å². The number of esters is 1. The molecule has 1 amide bonds. The van der Waals surface area contributed by atoms with Gasteiger partial charge in [0.05, 0.1) is 25.7 Å². The Balaban J connectivity index is 1.91. The molecule has 0 radical (unpaired) electrons. The third kappa shape index (κ3) is 5.06. The number of methoxy groups -OCH3 is 2. The van der Waals surface area contributed by atoms with Crippen LogP contribution in [0.1, 0.15) is 68.3 Å². The number of nitrogens with one attached hydrogen (secondary N) is 1. The second-order valence-electron chi connectivity index (χ2n) is 8.36. The molecule has 0 aromatic heterocycles. The topological polar surface area (TPSA) is 73.9 Å². The van der Waals surface area contributed by atoms with Crippen molar-refractivity contribution in [2.24, 2.45) is 0 Å². The third-order valence-corrected chi connectivity index (χ3v) is 6.33. The fourth-order valence-corrected chi connectivity index (χ4v) is 4.24. The van der Waals surface area contributed by atoms with Crippen LogP contribution in [-0.4, -0.2) is 32.2 Å². The van der Waals surface area contributed by atoms with Crippen molar-refractivity contribution >= 4 is 17.6 Å². The number of hydrogen-bond donors (Lipinski definition) is 1. The maximum Gasteiger partial charge on any atom is 0.341 e. The Morgan fingerprint density at radius 1 is 1.03 bits per heavy atom. The summed E-state index contributed by atoms with van der Waals surface area (Å²) in [6.45, 7) is 3.96. The molecule has 172 valence electrons. The average molecular weight is 440 g/mol. The quantitative estimate of drug-likeness (QED) is 0.550. The third-order valence-electron chi connectivity index (χ3n) is 6.33. The number of rotatable bonds is 8. The minimum Gasteiger partial charge on any atom is -0.497 e. The maximum atomic E-state index is 13.6. The molecule has 1 atom stereocenters. The zero-order chi connectivity index (χ0) is 23.1. The molecule has 1 aliphatic rings. The second kappa shape index (κ2) is 10.5. The summed E-state index contributed by atoms with van der Waals surface area (Å²) in [5.41, 5.74) is 1.22. The van der Waals surface area contributed by atoms with E-state index < -0.39 is 11.4 Å². The number of carbonyl (C=O) groups excluding carboxylic acids is 2. The van der Waals surface area contributed by atoms with Gasteiger partial charge in [-0.1, -0.05) is 38.3 Å². The zero-order valence-electron chi connectivity index (χ0n) is 19.4. The summed E-state index contributed by atoms with van der Waals surface area (Å²) in [6.07, 6.45) is 5.44. The molecule has 1 aliphatic carbocycles. The van der Waals surface area contributed by atoms with E-state index in [1.54, 1.807) is 25.3 Å². The predicted molar refractivity (Wildman–Crippen MR) is 125 cm³/mol. The summed E-state index contributed by atoms with van der Waals surface area (Å²) in [5.74, 6) is 0.655. The first-order valence-electron chi connectivity index (χ1n) is 11.3. The Hall–Kier alpha value is -3.02. The van der Waals surface area contributed by atoms with E-state index in [0.29, 0.717) is 17.0 Å². The molecule has 2 aromatic rings. The van der Waals surface area contributed by atoms with Gasteiger partial charge in [-0.05, 0) is 62.1 Å². The molecule has 0 spiro atoms. The standard InChI is InChI=1S/C26H33NO5/c1-5-18(2)32-23-14-11-20(17-22(23)24(28)31-4)27-25(29)26(15-7-6-8-16-26)19-9-12-21(30-3)13-10-19/h9-14,17-18H,5-8,15-16H2,1-4H3,(H,27,29). The average Bonchev–Trinajstić information content (AvgIpc) is 2.84. The molecule has 0 bridgehead atoms. The van der Waals surface area contributed by atoms with Gasteiger partial charge in [0, 0.05) is 5.69 Å². The van der Waals surface area contributed by atoms with Crippen LogP contribution < -0.4 is 14.8 Å². The van der Waals surface area contributed by atoms with E-state index in [2.05, 4.69) is 5.32 Å². The number of hydrogen-bond acceptors (Lipinski definition) is 5. The van der Waals surface area contributed by atoms with Gasteiger partial charge in [0.2, 0.25) is 5.91 Å². The van der Waals surface area contributed by atoms with E-state index in [9.17, 15) is 9.59 Å². The Morgan fingerprint density at radius 2 is 1.72 bits per heavy atom. The SMILES string of the molecule is CCC(C)Oc1ccc(NC(=O)C2(c3ccc(OC)cc3)CCCCC2)cc1C(=O)OC. The number of carbonyl (C=O) groups is 2. The maximum absolute atomic E-state index is 13.6. The first-order valence-corrected chi connectivity index (χ1v) is 11.3. The Labute approximate surface area is 190 Å². The van der Waals surface area contributed by atoms with E-state index in [-0.39, 0.29) is 12.0 Å². The van der Waals surface area contributed by atoms with Crippen LogP contribution in [0.3, 0.4) is 0 Å². The number of benzene rings is 2. The van der Waals surface area contributed by atoms with Crippen molar-refractivity contribution in [3.05, 3.63) is 53.6 Å². The number of ether oxygens (including phenoxy) is 3. The van der Waals surface area contributed by atoms with E-state index >= 15 is 0 Å². The van der Waals surface area contributed by atoms with Gasteiger partial charge in [-0.15, -0.1) is 0 Å². The summed E-state index contributed by atoms with van der Waals surface area (Å²) >= 11 is 0. The molecule has 1 N–H and O–H groups in total. The molecule has 0 saturated heterocycles. The summed E-state index contributed by atoms with van der Waals surface area (Å²) in [5, 5.41) is 3.06. The molecule has 1 fully saturated rings. The molecular weight excluding hydrogens is 406 g/mol. The minimum absolute atomic E-state index is 0.0422. The van der Waals surface area contributed by atoms with Crippen LogP contribution in [0.15, 0.2) is 42.5 Å². The van der Waals surface area contributed by atoms with Crippen molar-refractivity contribution in [2.75, 3.05) is 19.5 Å². The van der Waals surface area contributed by atoms with Crippen LogP contribution in [-0.2, 0) is 14.9 Å². The van der Waals surface area contributed by atoms with Crippen molar-refractivity contribution in [3.63, 3.8) is 0 Å². The first kappa shape index (κ1) is 23.6. The van der Waals surface area contributed by atoms with Crippen molar-refractivity contribution in [3.8, 4) is 11.5 Å². The monoisotopic (exact) mass is 439 g/mol. The van der Waals surface area contributed by atoms with Gasteiger partial charge in [0.1, 0.15) is 17.1 Å². The smallest absolute Gasteiger partial charge is 0.341 e. The van der Waals surface area contributed by atoms with E-state index in [0.717, 1.165) is 49.8 Å². The summed E-state index contributed by atoms with van der Waals surface area (Å²) in [7, 11) is 2.97. The molecule has 1 unspecified atom stereocenters. The molecular formula is C26H33NO5. The van der Waals surface area contributed by atoms with Crippen LogP contribution >= 0.6 is 0 Å². The summed E-state index contributed by atoms with van der Waals surface area (Å²) in [4.78, 5) is 26.0. The van der Waals surface area contributed by atoms with Gasteiger partial charge < -0.3 is 19.5 Å². The molecule has 0 heterocycles. The molecule has 1 saturated carbocycles. The lowest BCUT2D eigenvalue weighted by Gasteiger charge is -2.36. The highest BCUT2D eigenvalue weighted by atomic mass is 16.5. The van der Waals surface area contributed by atoms with Gasteiger partial charge in [0.15, 0.2) is 0 Å². The lowest BCUT2D eigenvalue weighted by atomic mass is 9.68. The summed E-state index contributed by atoms with van der Waals surface area (Å²) < 4.78 is 16.1. The first-order chi connectivity index (χ1) is 15.4. The Morgan fingerprint density at radius 3 is 2.31 bits per heavy atom. The Bertz CT molecular complexity index is 932. The Kier molecular flexibility index (Phi) is 7.78. The van der Waals surface area contributed by atoms with Crippen molar-refractivity contribution < 1.29 is 23.8 Å². The fourth-order valence-electron chi connectivity index (χ4n) is 4.24. The van der Waals surface area contributed by atoms with Crippen LogP contribution in [0.4, 0.5) is 5.69 Å². The largest absolute Gasteiger partial charge is 0.497 e. The normalized spacial score (nSPS) is 16.0. The van der Waals surface area contributed by atoms with Crippen LogP contribution in [0.5, 0.6) is 11.5 Å². The van der Waals surface area contributed by atoms with Crippen LogP contribution in [0.2, 0.25) is 0 Å². The molecule has 6 heteroatoms. The fraction of sp³-hybridized carbons (Fsp3) is 0.462. The highest BCUT2D eigenvalue weighted by Gasteiger charge is 2.41. The zero-order valence-corrected chi connectivity index (χ0v) is 19.4. The van der Waals surface area contributed by atoms with E-state index in [1.807, 2.05) is 38.1 Å². The van der Waals surface area contributed by atoms with Crippen molar-refractivity contribution in [1.82, 2.24) is 0 Å². The van der Waals surface area contributed by atoms with Crippen molar-refractivity contribution in [2.45, 2.75) is 63.9 Å². The van der Waals surface area contributed by atoms with Gasteiger partial charge in [-0.2, -0.15) is 0 Å². The van der Waals surface area contributed by atoms with Gasteiger partial charge in [-0.3, -0.25) is 4.79 Å². The second-order valence-corrected chi connectivity index (χ2v) is 8.36. The van der Waals surface area contributed by atoms with Crippen LogP contribution in [0, 0.1) is 0 Å². The minimum atomic E-state index is -0.609. The van der Waals surface area contributed by atoms with E-state index in [1.165, 1.54) is 7.11 Å². The van der Waals surface area contributed by atoms with E-state index in [4.69, 9.17) is 14.2 Å². The predicted octanol–water partition coefficient (Wildman–Crippen LogP) is 5.50. The molecule has 6 nitrogen and oxygen atoms in total. The highest BCUT2D eigenvalue weighted by Crippen LogP contribution is 2.41. The van der Waals surface area contributed by atoms with Gasteiger partial charge in [0.25, 0.3) is 0 Å². The van der Waals surface area contributed by atoms with Gasteiger partial charge in [-0.25, -0.2) is 4.79 Å². The lowest BCUT2D eigenvalue weighted by molar-refractivity contribution is -0.122. The number of anilines is 1. The molecule has 32 heavy (non-hydrogen) atoms. The molecule has 2 aromatic carbocycles. The highest BCUT2D eigenvalue weighted by molar-refractivity contribution is 6.01. The molecule has 0 aliphatic heterocycles. The van der Waals surface area contributed by atoms with Crippen molar-refractivity contribution in [1.29, 1.82) is 0 Å². The lowest BCUT2D eigenvalue weighted by Crippen LogP contribution is -2.42. The summed E-state index contributed by atoms with van der Waals surface area (Å²) in [6, 6.07) is 12.9.